The van der Waals surface area contributed by atoms with E-state index in [4.69, 9.17) is 0 Å². The van der Waals surface area contributed by atoms with Crippen molar-refractivity contribution in [1.82, 2.24) is 4.98 Å². The molecule has 1 fully saturated rings. The molecule has 13 heavy (non-hydrogen) atoms. The van der Waals surface area contributed by atoms with E-state index in [1.54, 1.807) is 11.3 Å². The Morgan fingerprint density at radius 3 is 3.15 bits per heavy atom. The van der Waals surface area contributed by atoms with Crippen molar-refractivity contribution in [3.8, 4) is 0 Å². The first-order valence-corrected chi connectivity index (χ1v) is 5.86. The van der Waals surface area contributed by atoms with Crippen LogP contribution in [-0.2, 0) is 0 Å². The number of aromatic nitrogens is 1. The fourth-order valence-corrected chi connectivity index (χ4v) is 2.59. The Balaban J connectivity index is 1.74. The molecule has 2 rings (SSSR count). The summed E-state index contributed by atoms with van der Waals surface area (Å²) in [5, 5.41) is 6.48. The normalized spacial score (nSPS) is 27.8. The molecule has 1 aliphatic carbocycles. The maximum absolute atomic E-state index is 4.20. The number of nitrogens with zero attached hydrogens (tertiary/aromatic N) is 1. The third kappa shape index (κ3) is 2.44. The first-order chi connectivity index (χ1) is 6.34. The van der Waals surface area contributed by atoms with E-state index >= 15 is 0 Å². The monoisotopic (exact) mass is 196 g/mol. The molecule has 1 N–H and O–H groups in total. The Morgan fingerprint density at radius 1 is 1.62 bits per heavy atom. The standard InChI is InChI=1S/C10H16N2S/c1-8-2-3-9(6-8)7-12-10-11-4-5-13-10/h4-5,8-9H,2-3,6-7H2,1H3,(H,11,12). The SMILES string of the molecule is CC1CCC(CNc2nccs2)C1. The first kappa shape index (κ1) is 9.00. The van der Waals surface area contributed by atoms with E-state index in [0.29, 0.717) is 0 Å². The van der Waals surface area contributed by atoms with Gasteiger partial charge in [-0.05, 0) is 24.7 Å². The van der Waals surface area contributed by atoms with Gasteiger partial charge in [0.15, 0.2) is 5.13 Å². The van der Waals surface area contributed by atoms with Gasteiger partial charge in [-0.3, -0.25) is 0 Å². The van der Waals surface area contributed by atoms with E-state index in [0.717, 1.165) is 23.5 Å². The van der Waals surface area contributed by atoms with Crippen LogP contribution in [0.3, 0.4) is 0 Å². The van der Waals surface area contributed by atoms with Crippen LogP contribution in [-0.4, -0.2) is 11.5 Å². The third-order valence-electron chi connectivity index (χ3n) is 2.78. The van der Waals surface area contributed by atoms with Gasteiger partial charge in [-0.1, -0.05) is 13.3 Å². The molecule has 1 heterocycles. The van der Waals surface area contributed by atoms with Crippen LogP contribution in [0, 0.1) is 11.8 Å². The average Bonchev–Trinajstić information content (AvgIpc) is 2.71. The van der Waals surface area contributed by atoms with Gasteiger partial charge in [-0.15, -0.1) is 11.3 Å². The van der Waals surface area contributed by atoms with E-state index in [1.165, 1.54) is 19.3 Å². The van der Waals surface area contributed by atoms with Crippen molar-refractivity contribution in [3.05, 3.63) is 11.6 Å². The summed E-state index contributed by atoms with van der Waals surface area (Å²) in [6.07, 6.45) is 6.03. The topological polar surface area (TPSA) is 24.9 Å². The molecule has 1 aliphatic rings. The minimum absolute atomic E-state index is 0.874. The Hall–Kier alpha value is -0.570. The van der Waals surface area contributed by atoms with Crippen LogP contribution in [0.1, 0.15) is 26.2 Å². The lowest BCUT2D eigenvalue weighted by Gasteiger charge is -2.09. The molecular formula is C10H16N2S. The quantitative estimate of drug-likeness (QED) is 0.804. The zero-order chi connectivity index (χ0) is 9.10. The Morgan fingerprint density at radius 2 is 2.54 bits per heavy atom. The number of nitrogens with one attached hydrogen (secondary N) is 1. The van der Waals surface area contributed by atoms with Crippen LogP contribution in [0.2, 0.25) is 0 Å². The van der Waals surface area contributed by atoms with Crippen molar-refractivity contribution in [2.24, 2.45) is 11.8 Å². The van der Waals surface area contributed by atoms with Gasteiger partial charge >= 0.3 is 0 Å². The van der Waals surface area contributed by atoms with Crippen LogP contribution in [0.4, 0.5) is 5.13 Å². The molecular weight excluding hydrogens is 180 g/mol. The molecule has 0 aromatic carbocycles. The lowest BCUT2D eigenvalue weighted by molar-refractivity contribution is 0.537. The van der Waals surface area contributed by atoms with E-state index in [1.807, 2.05) is 11.6 Å². The summed E-state index contributed by atoms with van der Waals surface area (Å²) < 4.78 is 0. The van der Waals surface area contributed by atoms with E-state index in [2.05, 4.69) is 17.2 Å². The summed E-state index contributed by atoms with van der Waals surface area (Å²) in [5.41, 5.74) is 0. The number of rotatable bonds is 3. The van der Waals surface area contributed by atoms with Crippen LogP contribution in [0.5, 0.6) is 0 Å². The minimum Gasteiger partial charge on any atom is -0.361 e. The fraction of sp³-hybridized carbons (Fsp3) is 0.700. The maximum Gasteiger partial charge on any atom is 0.182 e. The van der Waals surface area contributed by atoms with Crippen LogP contribution < -0.4 is 5.32 Å². The highest BCUT2D eigenvalue weighted by Gasteiger charge is 2.20. The average molecular weight is 196 g/mol. The van der Waals surface area contributed by atoms with Gasteiger partial charge in [0.2, 0.25) is 0 Å². The lowest BCUT2D eigenvalue weighted by atomic mass is 10.1. The summed E-state index contributed by atoms with van der Waals surface area (Å²) in [6.45, 7) is 3.46. The predicted octanol–water partition coefficient (Wildman–Crippen LogP) is 2.99. The molecule has 3 heteroatoms. The van der Waals surface area contributed by atoms with Gasteiger partial charge in [-0.2, -0.15) is 0 Å². The minimum atomic E-state index is 0.874. The molecule has 0 spiro atoms. The first-order valence-electron chi connectivity index (χ1n) is 4.98. The summed E-state index contributed by atoms with van der Waals surface area (Å²) in [5.74, 6) is 1.81. The summed E-state index contributed by atoms with van der Waals surface area (Å²) in [4.78, 5) is 4.20. The molecule has 1 aromatic heterocycles. The zero-order valence-electron chi connectivity index (χ0n) is 7.99. The zero-order valence-corrected chi connectivity index (χ0v) is 8.81. The molecule has 1 aromatic rings. The second-order valence-electron chi connectivity index (χ2n) is 4.00. The molecule has 1 saturated carbocycles. The second kappa shape index (κ2) is 4.09. The molecule has 0 saturated heterocycles. The van der Waals surface area contributed by atoms with Crippen LogP contribution in [0.15, 0.2) is 11.6 Å². The highest BCUT2D eigenvalue weighted by Crippen LogP contribution is 2.30. The molecule has 2 unspecified atom stereocenters. The molecule has 0 bridgehead atoms. The number of anilines is 1. The molecule has 0 radical (unpaired) electrons. The highest BCUT2D eigenvalue weighted by molar-refractivity contribution is 7.13. The maximum atomic E-state index is 4.20. The van der Waals surface area contributed by atoms with Gasteiger partial charge in [-0.25, -0.2) is 4.98 Å². The number of hydrogen-bond donors (Lipinski definition) is 1. The Bertz CT molecular complexity index is 245. The number of thiazole rings is 1. The van der Waals surface area contributed by atoms with E-state index in [-0.39, 0.29) is 0 Å². The Kier molecular flexibility index (Phi) is 2.83. The second-order valence-corrected chi connectivity index (χ2v) is 4.90. The van der Waals surface area contributed by atoms with Crippen molar-refractivity contribution in [2.75, 3.05) is 11.9 Å². The third-order valence-corrected chi connectivity index (χ3v) is 3.51. The van der Waals surface area contributed by atoms with E-state index < -0.39 is 0 Å². The van der Waals surface area contributed by atoms with Crippen molar-refractivity contribution < 1.29 is 0 Å². The Labute approximate surface area is 83.4 Å². The van der Waals surface area contributed by atoms with Gasteiger partial charge in [0.1, 0.15) is 0 Å². The van der Waals surface area contributed by atoms with Crippen LogP contribution in [0.25, 0.3) is 0 Å². The van der Waals surface area contributed by atoms with Crippen molar-refractivity contribution in [2.45, 2.75) is 26.2 Å². The van der Waals surface area contributed by atoms with Crippen LogP contribution >= 0.6 is 11.3 Å². The largest absolute Gasteiger partial charge is 0.361 e. The summed E-state index contributed by atoms with van der Waals surface area (Å²) >= 11 is 1.68. The summed E-state index contributed by atoms with van der Waals surface area (Å²) in [7, 11) is 0. The van der Waals surface area contributed by atoms with Gasteiger partial charge in [0, 0.05) is 18.1 Å². The predicted molar refractivity (Wildman–Crippen MR) is 57.1 cm³/mol. The van der Waals surface area contributed by atoms with Crippen molar-refractivity contribution >= 4 is 16.5 Å². The molecule has 72 valence electrons. The van der Waals surface area contributed by atoms with E-state index in [9.17, 15) is 0 Å². The molecule has 2 nitrogen and oxygen atoms in total. The molecule has 0 aliphatic heterocycles. The van der Waals surface area contributed by atoms with Crippen molar-refractivity contribution in [3.63, 3.8) is 0 Å². The fourth-order valence-electron chi connectivity index (χ4n) is 2.05. The van der Waals surface area contributed by atoms with Gasteiger partial charge in [0.25, 0.3) is 0 Å². The molecule has 0 amide bonds. The number of hydrogen-bond acceptors (Lipinski definition) is 3. The van der Waals surface area contributed by atoms with Gasteiger partial charge < -0.3 is 5.32 Å². The van der Waals surface area contributed by atoms with Crippen molar-refractivity contribution in [1.29, 1.82) is 0 Å². The smallest absolute Gasteiger partial charge is 0.182 e. The lowest BCUT2D eigenvalue weighted by Crippen LogP contribution is -2.11. The molecule has 2 atom stereocenters. The van der Waals surface area contributed by atoms with Gasteiger partial charge in [0.05, 0.1) is 0 Å². The highest BCUT2D eigenvalue weighted by atomic mass is 32.1. The summed E-state index contributed by atoms with van der Waals surface area (Å²) in [6, 6.07) is 0.